The molecule has 1 heterocycles. The molecule has 0 fully saturated rings. The minimum Gasteiger partial charge on any atom is -0.454 e. The summed E-state index contributed by atoms with van der Waals surface area (Å²) in [7, 11) is -3.99. The predicted molar refractivity (Wildman–Crippen MR) is 116 cm³/mol. The highest BCUT2D eigenvalue weighted by atomic mass is 32.2. The van der Waals surface area contributed by atoms with E-state index in [1.54, 1.807) is 30.3 Å². The van der Waals surface area contributed by atoms with Gasteiger partial charge in [0.25, 0.3) is 0 Å². The summed E-state index contributed by atoms with van der Waals surface area (Å²) in [5.41, 5.74) is 1.92. The molecule has 1 amide bonds. The van der Waals surface area contributed by atoms with Gasteiger partial charge in [0.15, 0.2) is 11.5 Å². The number of nitrogens with zero attached hydrogens (tertiary/aromatic N) is 1. The summed E-state index contributed by atoms with van der Waals surface area (Å²) in [6, 6.07) is 16.8. The molecule has 1 aliphatic rings. The largest absolute Gasteiger partial charge is 0.454 e. The van der Waals surface area contributed by atoms with Gasteiger partial charge in [0.1, 0.15) is 5.82 Å². The van der Waals surface area contributed by atoms with E-state index in [-0.39, 0.29) is 18.2 Å². The van der Waals surface area contributed by atoms with Gasteiger partial charge in [-0.2, -0.15) is 4.31 Å². The van der Waals surface area contributed by atoms with Crippen molar-refractivity contribution in [3.8, 4) is 11.5 Å². The van der Waals surface area contributed by atoms with Crippen molar-refractivity contribution in [3.05, 3.63) is 83.7 Å². The highest BCUT2D eigenvalue weighted by Gasteiger charge is 2.27. The first-order valence-corrected chi connectivity index (χ1v) is 11.3. The van der Waals surface area contributed by atoms with E-state index < -0.39 is 28.3 Å². The topological polar surface area (TPSA) is 84.9 Å². The molecule has 0 aliphatic carbocycles. The van der Waals surface area contributed by atoms with Crippen LogP contribution in [0.5, 0.6) is 11.5 Å². The highest BCUT2D eigenvalue weighted by molar-refractivity contribution is 7.89. The molecule has 32 heavy (non-hydrogen) atoms. The first-order chi connectivity index (χ1) is 15.3. The monoisotopic (exact) mass is 456 g/mol. The molecule has 0 aromatic heterocycles. The molecular formula is C23H21FN2O5S. The van der Waals surface area contributed by atoms with Crippen LogP contribution in [0, 0.1) is 12.7 Å². The van der Waals surface area contributed by atoms with E-state index in [2.05, 4.69) is 5.32 Å². The molecule has 0 spiro atoms. The third-order valence-electron chi connectivity index (χ3n) is 4.91. The van der Waals surface area contributed by atoms with Crippen molar-refractivity contribution in [2.45, 2.75) is 18.4 Å². The molecule has 1 N–H and O–H groups in total. The van der Waals surface area contributed by atoms with E-state index in [1.807, 2.05) is 6.92 Å². The molecule has 3 aromatic carbocycles. The summed E-state index contributed by atoms with van der Waals surface area (Å²) in [5, 5.41) is 2.69. The van der Waals surface area contributed by atoms with Crippen LogP contribution in [0.25, 0.3) is 0 Å². The van der Waals surface area contributed by atoms with E-state index in [0.717, 1.165) is 9.87 Å². The minimum atomic E-state index is -3.99. The van der Waals surface area contributed by atoms with Gasteiger partial charge in [-0.25, -0.2) is 12.8 Å². The maximum Gasteiger partial charge on any atom is 0.243 e. The Morgan fingerprint density at radius 3 is 2.41 bits per heavy atom. The fraction of sp³-hybridized carbons (Fsp3) is 0.174. The smallest absolute Gasteiger partial charge is 0.243 e. The number of halogens is 1. The van der Waals surface area contributed by atoms with E-state index in [1.165, 1.54) is 36.4 Å². The van der Waals surface area contributed by atoms with Crippen molar-refractivity contribution >= 4 is 21.6 Å². The van der Waals surface area contributed by atoms with Crippen LogP contribution in [0.3, 0.4) is 0 Å². The Hall–Kier alpha value is -3.43. The Balaban J connectivity index is 1.57. The predicted octanol–water partition coefficient (Wildman–Crippen LogP) is 3.69. The molecule has 3 aromatic rings. The fourth-order valence-corrected chi connectivity index (χ4v) is 4.60. The van der Waals surface area contributed by atoms with Gasteiger partial charge in [0.2, 0.25) is 22.7 Å². The Morgan fingerprint density at radius 1 is 1.00 bits per heavy atom. The number of nitrogens with one attached hydrogen (secondary N) is 1. The molecule has 0 saturated carbocycles. The zero-order chi connectivity index (χ0) is 22.7. The SMILES string of the molecule is Cc1ccc(S(=O)(=O)N(CC(=O)Nc2ccc3c(c2)OCO3)Cc2ccc(F)cc2)cc1. The van der Waals surface area contributed by atoms with Crippen LogP contribution >= 0.6 is 0 Å². The van der Waals surface area contributed by atoms with Crippen LogP contribution < -0.4 is 14.8 Å². The van der Waals surface area contributed by atoms with Crippen molar-refractivity contribution in [1.82, 2.24) is 4.31 Å². The number of amides is 1. The van der Waals surface area contributed by atoms with Crippen molar-refractivity contribution in [1.29, 1.82) is 0 Å². The minimum absolute atomic E-state index is 0.0705. The molecule has 0 unspecified atom stereocenters. The number of rotatable bonds is 7. The van der Waals surface area contributed by atoms with Crippen molar-refractivity contribution < 1.29 is 27.1 Å². The summed E-state index contributed by atoms with van der Waals surface area (Å²) in [6.07, 6.45) is 0. The Kier molecular flexibility index (Phi) is 6.11. The van der Waals surface area contributed by atoms with Gasteiger partial charge in [-0.1, -0.05) is 29.8 Å². The number of aryl methyl sites for hydroxylation is 1. The number of hydrogen-bond acceptors (Lipinski definition) is 5. The number of anilines is 1. The van der Waals surface area contributed by atoms with Gasteiger partial charge in [0, 0.05) is 18.3 Å². The van der Waals surface area contributed by atoms with Gasteiger partial charge in [-0.05, 0) is 48.9 Å². The standard InChI is InChI=1S/C23H21FN2O5S/c1-16-2-9-20(10-3-16)32(28,29)26(13-17-4-6-18(24)7-5-17)14-23(27)25-19-8-11-21-22(12-19)31-15-30-21/h2-12H,13-15H2,1H3,(H,25,27). The molecule has 7 nitrogen and oxygen atoms in total. The van der Waals surface area contributed by atoms with Gasteiger partial charge in [-0.3, -0.25) is 4.79 Å². The second kappa shape index (κ2) is 8.97. The number of carbonyl (C=O) groups is 1. The Bertz CT molecular complexity index is 1230. The lowest BCUT2D eigenvalue weighted by Gasteiger charge is -2.22. The van der Waals surface area contributed by atoms with Gasteiger partial charge < -0.3 is 14.8 Å². The number of ether oxygens (including phenoxy) is 2. The molecule has 0 radical (unpaired) electrons. The van der Waals surface area contributed by atoms with Gasteiger partial charge >= 0.3 is 0 Å². The van der Waals surface area contributed by atoms with E-state index in [0.29, 0.717) is 22.7 Å². The summed E-state index contributed by atoms with van der Waals surface area (Å²) in [5.74, 6) is 0.116. The molecule has 4 rings (SSSR count). The van der Waals surface area contributed by atoms with E-state index in [9.17, 15) is 17.6 Å². The second-order valence-corrected chi connectivity index (χ2v) is 9.27. The number of benzene rings is 3. The normalized spacial score (nSPS) is 12.7. The van der Waals surface area contributed by atoms with Crippen molar-refractivity contribution in [2.75, 3.05) is 18.7 Å². The second-order valence-electron chi connectivity index (χ2n) is 7.33. The maximum absolute atomic E-state index is 13.3. The maximum atomic E-state index is 13.3. The van der Waals surface area contributed by atoms with Crippen molar-refractivity contribution in [3.63, 3.8) is 0 Å². The highest BCUT2D eigenvalue weighted by Crippen LogP contribution is 2.34. The summed E-state index contributed by atoms with van der Waals surface area (Å²) in [4.78, 5) is 12.8. The van der Waals surface area contributed by atoms with Crippen LogP contribution in [-0.4, -0.2) is 32.0 Å². The summed E-state index contributed by atoms with van der Waals surface area (Å²) >= 11 is 0. The zero-order valence-corrected chi connectivity index (χ0v) is 18.1. The molecule has 0 atom stereocenters. The average Bonchev–Trinajstić information content (AvgIpc) is 3.23. The lowest BCUT2D eigenvalue weighted by atomic mass is 10.2. The molecule has 1 aliphatic heterocycles. The molecular weight excluding hydrogens is 435 g/mol. The number of sulfonamides is 1. The Morgan fingerprint density at radius 2 is 1.69 bits per heavy atom. The van der Waals surface area contributed by atoms with E-state index >= 15 is 0 Å². The number of fused-ring (bicyclic) bond motifs is 1. The van der Waals surface area contributed by atoms with Crippen molar-refractivity contribution in [2.24, 2.45) is 0 Å². The quantitative estimate of drug-likeness (QED) is 0.586. The molecule has 166 valence electrons. The molecule has 0 bridgehead atoms. The summed E-state index contributed by atoms with van der Waals surface area (Å²) < 4.78 is 51.5. The van der Waals surface area contributed by atoms with Gasteiger partial charge in [-0.15, -0.1) is 0 Å². The van der Waals surface area contributed by atoms with Crippen LogP contribution in [0.1, 0.15) is 11.1 Å². The molecule has 0 saturated heterocycles. The fourth-order valence-electron chi connectivity index (χ4n) is 3.21. The van der Waals surface area contributed by atoms with Crippen LogP contribution in [0.2, 0.25) is 0 Å². The third kappa shape index (κ3) is 4.90. The van der Waals surface area contributed by atoms with E-state index in [4.69, 9.17) is 9.47 Å². The van der Waals surface area contributed by atoms with Crippen LogP contribution in [0.15, 0.2) is 71.6 Å². The van der Waals surface area contributed by atoms with Gasteiger partial charge in [0.05, 0.1) is 11.4 Å². The first kappa shape index (κ1) is 21.8. The number of hydrogen-bond donors (Lipinski definition) is 1. The molecule has 9 heteroatoms. The lowest BCUT2D eigenvalue weighted by Crippen LogP contribution is -2.37. The summed E-state index contributed by atoms with van der Waals surface area (Å²) in [6.45, 7) is 1.44. The zero-order valence-electron chi connectivity index (χ0n) is 17.2. The Labute approximate surface area is 185 Å². The third-order valence-corrected chi connectivity index (χ3v) is 6.71. The number of carbonyl (C=O) groups excluding carboxylic acids is 1. The average molecular weight is 456 g/mol. The lowest BCUT2D eigenvalue weighted by molar-refractivity contribution is -0.116. The van der Waals surface area contributed by atoms with Crippen LogP contribution in [-0.2, 0) is 21.4 Å². The first-order valence-electron chi connectivity index (χ1n) is 9.82. The van der Waals surface area contributed by atoms with Crippen LogP contribution in [0.4, 0.5) is 10.1 Å².